The summed E-state index contributed by atoms with van der Waals surface area (Å²) in [5.74, 6) is -93.3. The molecule has 0 unspecified atom stereocenters. The van der Waals surface area contributed by atoms with E-state index in [0.717, 1.165) is 14.1 Å². The Labute approximate surface area is 227 Å². The Bertz CT molecular complexity index is 1040. The zero-order valence-electron chi connectivity index (χ0n) is 20.6. The molecule has 0 aliphatic carbocycles. The number of nitrogens with zero attached hydrogens (tertiary/aromatic N) is 1. The zero-order chi connectivity index (χ0) is 36.4. The summed E-state index contributed by atoms with van der Waals surface area (Å²) >= 11 is 0. The van der Waals surface area contributed by atoms with Crippen LogP contribution in [0.4, 0.5) is 101 Å². The van der Waals surface area contributed by atoms with Crippen LogP contribution < -0.4 is 5.32 Å². The number of halogens is 23. The highest BCUT2D eigenvalue weighted by Gasteiger charge is 2.99. The molecular formula is C17H14F23N2O2+. The fourth-order valence-electron chi connectivity index (χ4n) is 2.68. The van der Waals surface area contributed by atoms with E-state index in [0.29, 0.717) is 5.32 Å². The van der Waals surface area contributed by atoms with Gasteiger partial charge in [-0.05, 0) is 0 Å². The average Bonchev–Trinajstić information content (AvgIpc) is 2.78. The smallest absolute Gasteiger partial charge is 0.350 e. The minimum Gasteiger partial charge on any atom is -0.350 e. The van der Waals surface area contributed by atoms with Crippen molar-refractivity contribution in [2.75, 3.05) is 27.2 Å². The lowest BCUT2D eigenvalue weighted by molar-refractivity contribution is -1.07. The van der Waals surface area contributed by atoms with Crippen molar-refractivity contribution < 1.29 is 116 Å². The Morgan fingerprint density at radius 1 is 0.500 bits per heavy atom. The van der Waals surface area contributed by atoms with Crippen molar-refractivity contribution in [2.24, 2.45) is 0 Å². The van der Waals surface area contributed by atoms with Crippen LogP contribution in [0.25, 0.3) is 0 Å². The second kappa shape index (κ2) is 10.9. The topological polar surface area (TPSA) is 49.3 Å². The second-order valence-electron chi connectivity index (χ2n) is 9.20. The van der Waals surface area contributed by atoms with Gasteiger partial charge in [0.15, 0.2) is 0 Å². The predicted octanol–water partition coefficient (Wildman–Crippen LogP) is 6.87. The fraction of sp³-hybridized carbons (Fsp3) is 0.941. The summed E-state index contributed by atoms with van der Waals surface area (Å²) in [6.45, 7) is -1.93. The SMILES string of the molecule is C[N+](C)(O)CCCNC(=O)C(F)(F)C(F)(F)C(F)(F)C(F)(F)C(F)(F)C(F)(F)C(F)(F)C(F)(F)C(F)(F)C(F)(F)C(F)(F)F. The summed E-state index contributed by atoms with van der Waals surface area (Å²) in [6, 6.07) is 0. The van der Waals surface area contributed by atoms with Gasteiger partial charge in [0, 0.05) is 13.0 Å². The first-order chi connectivity index (χ1) is 18.6. The Morgan fingerprint density at radius 3 is 1.00 bits per heavy atom. The predicted molar refractivity (Wildman–Crippen MR) is 91.9 cm³/mol. The molecular weight excluding hydrogens is 701 g/mol. The lowest BCUT2D eigenvalue weighted by Gasteiger charge is -2.45. The van der Waals surface area contributed by atoms with Crippen LogP contribution in [0.3, 0.4) is 0 Å². The molecule has 1 amide bonds. The molecule has 44 heavy (non-hydrogen) atoms. The Balaban J connectivity index is 6.91. The summed E-state index contributed by atoms with van der Waals surface area (Å²) in [5.41, 5.74) is 0. The van der Waals surface area contributed by atoms with Gasteiger partial charge in [0.2, 0.25) is 0 Å². The lowest BCUT2D eigenvalue weighted by Crippen LogP contribution is -2.78. The van der Waals surface area contributed by atoms with Crippen molar-refractivity contribution in [3.63, 3.8) is 0 Å². The number of carbonyl (C=O) groups is 1. The summed E-state index contributed by atoms with van der Waals surface area (Å²) < 4.78 is 306. The minimum atomic E-state index is -9.50. The summed E-state index contributed by atoms with van der Waals surface area (Å²) in [5, 5.41) is 9.86. The third kappa shape index (κ3) is 5.78. The van der Waals surface area contributed by atoms with E-state index in [9.17, 15) is 111 Å². The monoisotopic (exact) mass is 715 g/mol. The van der Waals surface area contributed by atoms with Gasteiger partial charge in [-0.3, -0.25) is 4.79 Å². The van der Waals surface area contributed by atoms with Crippen molar-refractivity contribution in [3.8, 4) is 0 Å². The van der Waals surface area contributed by atoms with E-state index in [1.165, 1.54) is 0 Å². The molecule has 0 aromatic heterocycles. The van der Waals surface area contributed by atoms with Gasteiger partial charge in [-0.25, -0.2) is 5.21 Å². The van der Waals surface area contributed by atoms with Gasteiger partial charge in [0.05, 0.1) is 14.1 Å². The van der Waals surface area contributed by atoms with E-state index in [1.54, 1.807) is 0 Å². The molecule has 4 nitrogen and oxygen atoms in total. The molecule has 0 aromatic carbocycles. The first-order valence-electron chi connectivity index (χ1n) is 10.3. The van der Waals surface area contributed by atoms with E-state index < -0.39 is 95.5 Å². The highest BCUT2D eigenvalue weighted by molar-refractivity contribution is 5.84. The maximum atomic E-state index is 13.8. The van der Waals surface area contributed by atoms with E-state index in [4.69, 9.17) is 0 Å². The van der Waals surface area contributed by atoms with Crippen LogP contribution in [0, 0.1) is 0 Å². The Kier molecular flexibility index (Phi) is 10.4. The maximum absolute atomic E-state index is 13.8. The van der Waals surface area contributed by atoms with E-state index in [1.807, 2.05) is 0 Å². The van der Waals surface area contributed by atoms with E-state index in [2.05, 4.69) is 0 Å². The fourth-order valence-corrected chi connectivity index (χ4v) is 2.68. The van der Waals surface area contributed by atoms with Crippen molar-refractivity contribution in [1.82, 2.24) is 5.32 Å². The number of alkyl halides is 23. The highest BCUT2D eigenvalue weighted by Crippen LogP contribution is 2.67. The molecule has 0 fully saturated rings. The zero-order valence-corrected chi connectivity index (χ0v) is 20.6. The summed E-state index contributed by atoms with van der Waals surface area (Å²) in [6.07, 6.45) is -8.87. The summed E-state index contributed by atoms with van der Waals surface area (Å²) in [4.78, 5) is 11.2. The van der Waals surface area contributed by atoms with Gasteiger partial charge in [-0.15, -0.1) is 0 Å². The molecule has 0 heterocycles. The molecule has 0 saturated carbocycles. The molecule has 0 radical (unpaired) electrons. The maximum Gasteiger partial charge on any atom is 0.460 e. The first-order valence-corrected chi connectivity index (χ1v) is 10.3. The van der Waals surface area contributed by atoms with Crippen LogP contribution in [0.5, 0.6) is 0 Å². The number of carbonyl (C=O) groups excluding carboxylic acids is 1. The van der Waals surface area contributed by atoms with Gasteiger partial charge in [-0.1, -0.05) is 0 Å². The van der Waals surface area contributed by atoms with Crippen LogP contribution in [0.1, 0.15) is 6.42 Å². The molecule has 0 saturated heterocycles. The normalized spacial score (nSPS) is 16.3. The highest BCUT2D eigenvalue weighted by atomic mass is 19.4. The van der Waals surface area contributed by atoms with Gasteiger partial charge < -0.3 is 5.32 Å². The molecule has 0 aliphatic rings. The van der Waals surface area contributed by atoms with Crippen LogP contribution in [0.2, 0.25) is 0 Å². The molecule has 2 N–H and O–H groups in total. The number of quaternary nitrogens is 1. The average molecular weight is 715 g/mol. The quantitative estimate of drug-likeness (QED) is 0.0894. The molecule has 27 heteroatoms. The van der Waals surface area contributed by atoms with Crippen LogP contribution >= 0.6 is 0 Å². The molecule has 264 valence electrons. The van der Waals surface area contributed by atoms with Crippen LogP contribution in [0.15, 0.2) is 0 Å². The van der Waals surface area contributed by atoms with E-state index >= 15 is 0 Å². The Hall–Kier alpha value is -2.22. The van der Waals surface area contributed by atoms with Gasteiger partial charge in [-0.2, -0.15) is 106 Å². The van der Waals surface area contributed by atoms with Gasteiger partial charge in [0.25, 0.3) is 5.91 Å². The number of hydrogen-bond acceptors (Lipinski definition) is 2. The minimum absolute atomic E-state index is 0.579. The number of nitrogens with one attached hydrogen (secondary N) is 1. The molecule has 0 bridgehead atoms. The van der Waals surface area contributed by atoms with E-state index in [-0.39, 0.29) is 0 Å². The van der Waals surface area contributed by atoms with Crippen molar-refractivity contribution in [3.05, 3.63) is 0 Å². The lowest BCUT2D eigenvalue weighted by atomic mass is 9.85. The molecule has 0 rings (SSSR count). The second-order valence-corrected chi connectivity index (χ2v) is 9.20. The van der Waals surface area contributed by atoms with Gasteiger partial charge in [0.1, 0.15) is 6.54 Å². The first kappa shape index (κ1) is 41.8. The van der Waals surface area contributed by atoms with Crippen molar-refractivity contribution >= 4 is 5.91 Å². The van der Waals surface area contributed by atoms with Crippen molar-refractivity contribution in [1.29, 1.82) is 0 Å². The largest absolute Gasteiger partial charge is 0.460 e. The van der Waals surface area contributed by atoms with Crippen LogP contribution in [-0.2, 0) is 4.79 Å². The Morgan fingerprint density at radius 2 is 0.750 bits per heavy atom. The standard InChI is InChI=1S/C17H13F23N2O2/c1-42(2,44)5-3-4-41-6(43)7(18,19)8(20,21)9(22,23)10(24,25)11(26,27)12(28,29)13(30,31)14(32,33)15(34,35)16(36,37)17(38,39)40/h44H,3-5H2,1-2H3/p+1. The number of amides is 1. The summed E-state index contributed by atoms with van der Waals surface area (Å²) in [7, 11) is 1.90. The molecule has 0 atom stereocenters. The van der Waals surface area contributed by atoms with Gasteiger partial charge >= 0.3 is 65.4 Å². The number of rotatable bonds is 14. The number of hydrogen-bond donors (Lipinski definition) is 2. The molecule has 0 aromatic rings. The molecule has 0 aliphatic heterocycles. The van der Waals surface area contributed by atoms with Crippen molar-refractivity contribution in [2.45, 2.75) is 71.8 Å². The van der Waals surface area contributed by atoms with Crippen LogP contribution in [-0.4, -0.2) is 108 Å². The third-order valence-electron chi connectivity index (χ3n) is 5.36. The molecule has 0 spiro atoms. The number of hydroxylamine groups is 3. The third-order valence-corrected chi connectivity index (χ3v) is 5.36.